The minimum absolute atomic E-state index is 0.179. The average Bonchev–Trinajstić information content (AvgIpc) is 3.76. The standard InChI is InChI=1S/C30H38ClFN4O4/c1-18-17-34-27(22-8-9-22)30(39)36(3)19(2)28(37)35-25(15-20-6-12-24(32)13-7-20)29(38)33-14-4-5-21-10-11-23(31)16-26(21)40-18/h6-7,10-13,16,18-19,22,25,27,34H,4-5,8-9,14-15,17H2,1-3H3,(H,33,38)(H,35,37)/t18-,19-,25-,27+/m1/s1. The van der Waals surface area contributed by atoms with Crippen LogP contribution in [0.4, 0.5) is 4.39 Å². The Balaban J connectivity index is 1.58. The molecule has 0 unspecified atom stereocenters. The molecule has 10 heteroatoms. The average molecular weight is 573 g/mol. The van der Waals surface area contributed by atoms with E-state index in [1.54, 1.807) is 32.2 Å². The normalized spacial score (nSPS) is 25.6. The lowest BCUT2D eigenvalue weighted by molar-refractivity contribution is -0.141. The van der Waals surface area contributed by atoms with Crippen LogP contribution in [0.1, 0.15) is 44.2 Å². The maximum atomic E-state index is 13.5. The molecule has 0 bridgehead atoms. The number of nitrogens with one attached hydrogen (secondary N) is 3. The Kier molecular flexibility index (Phi) is 10.0. The largest absolute Gasteiger partial charge is 0.489 e. The Morgan fingerprint density at radius 1 is 1.05 bits per heavy atom. The fraction of sp³-hybridized carbons (Fsp3) is 0.500. The van der Waals surface area contributed by atoms with Gasteiger partial charge in [0.05, 0.1) is 6.04 Å². The van der Waals surface area contributed by atoms with E-state index in [0.717, 1.165) is 18.4 Å². The van der Waals surface area contributed by atoms with Crippen LogP contribution in [0.15, 0.2) is 42.5 Å². The van der Waals surface area contributed by atoms with Crippen LogP contribution in [0, 0.1) is 11.7 Å². The number of halogens is 2. The number of rotatable bonds is 3. The molecular weight excluding hydrogens is 535 g/mol. The fourth-order valence-electron chi connectivity index (χ4n) is 4.84. The highest BCUT2D eigenvalue weighted by Crippen LogP contribution is 2.34. The van der Waals surface area contributed by atoms with E-state index in [4.69, 9.17) is 16.3 Å². The van der Waals surface area contributed by atoms with E-state index in [2.05, 4.69) is 16.0 Å². The van der Waals surface area contributed by atoms with E-state index in [9.17, 15) is 18.8 Å². The SMILES string of the molecule is C[C@@H]1CN[C@@H](C2CC2)C(=O)N(C)[C@H](C)C(=O)N[C@H](Cc2ccc(F)cc2)C(=O)NCCCc2ccc(Cl)cc2O1. The molecule has 2 aromatic rings. The molecule has 8 nitrogen and oxygen atoms in total. The summed E-state index contributed by atoms with van der Waals surface area (Å²) in [6.07, 6.45) is 3.11. The van der Waals surface area contributed by atoms with Crippen LogP contribution >= 0.6 is 11.6 Å². The van der Waals surface area contributed by atoms with Gasteiger partial charge in [0.15, 0.2) is 0 Å². The van der Waals surface area contributed by atoms with Gasteiger partial charge in [-0.05, 0) is 80.8 Å². The zero-order chi connectivity index (χ0) is 28.8. The molecule has 1 saturated carbocycles. The lowest BCUT2D eigenvalue weighted by Crippen LogP contribution is -2.57. The molecule has 0 radical (unpaired) electrons. The van der Waals surface area contributed by atoms with E-state index in [0.29, 0.717) is 42.3 Å². The second kappa shape index (κ2) is 13.5. The molecule has 4 atom stereocenters. The van der Waals surface area contributed by atoms with Gasteiger partial charge in [0.2, 0.25) is 17.7 Å². The fourth-order valence-corrected chi connectivity index (χ4v) is 5.00. The van der Waals surface area contributed by atoms with Gasteiger partial charge in [-0.25, -0.2) is 4.39 Å². The number of likely N-dealkylation sites (N-methyl/N-ethyl adjacent to an activating group) is 1. The molecule has 1 aliphatic heterocycles. The molecule has 1 aliphatic carbocycles. The highest BCUT2D eigenvalue weighted by atomic mass is 35.5. The number of carbonyl (C=O) groups is 3. The smallest absolute Gasteiger partial charge is 0.243 e. The van der Waals surface area contributed by atoms with Crippen LogP contribution in [-0.4, -0.2) is 67.0 Å². The third-order valence-corrected chi connectivity index (χ3v) is 7.79. The van der Waals surface area contributed by atoms with Gasteiger partial charge in [-0.1, -0.05) is 29.8 Å². The van der Waals surface area contributed by atoms with Gasteiger partial charge in [-0.3, -0.25) is 14.4 Å². The van der Waals surface area contributed by atoms with Gasteiger partial charge >= 0.3 is 0 Å². The summed E-state index contributed by atoms with van der Waals surface area (Å²) in [4.78, 5) is 41.4. The van der Waals surface area contributed by atoms with Gasteiger partial charge in [0, 0.05) is 31.6 Å². The van der Waals surface area contributed by atoms with Crippen molar-refractivity contribution in [2.75, 3.05) is 20.1 Å². The van der Waals surface area contributed by atoms with E-state index in [1.807, 2.05) is 19.1 Å². The third kappa shape index (κ3) is 7.95. The summed E-state index contributed by atoms with van der Waals surface area (Å²) in [6, 6.07) is 9.21. The lowest BCUT2D eigenvalue weighted by atomic mass is 10.0. The molecule has 1 fully saturated rings. The van der Waals surface area contributed by atoms with Gasteiger partial charge in [-0.2, -0.15) is 0 Å². The summed E-state index contributed by atoms with van der Waals surface area (Å²) in [6.45, 7) is 4.41. The minimum Gasteiger partial charge on any atom is -0.489 e. The summed E-state index contributed by atoms with van der Waals surface area (Å²) >= 11 is 6.26. The van der Waals surface area contributed by atoms with E-state index in [-0.39, 0.29) is 36.1 Å². The maximum absolute atomic E-state index is 13.5. The number of carbonyl (C=O) groups excluding carboxylic acids is 3. The van der Waals surface area contributed by atoms with Crippen LogP contribution in [-0.2, 0) is 27.2 Å². The molecule has 4 rings (SSSR count). The molecular formula is C30H38ClFN4O4. The van der Waals surface area contributed by atoms with Crippen LogP contribution in [0.25, 0.3) is 0 Å². The number of benzene rings is 2. The first-order chi connectivity index (χ1) is 19.1. The second-order valence-corrected chi connectivity index (χ2v) is 11.3. The van der Waals surface area contributed by atoms with Crippen molar-refractivity contribution in [1.29, 1.82) is 0 Å². The summed E-state index contributed by atoms with van der Waals surface area (Å²) in [5.74, 6) is -0.469. The van der Waals surface area contributed by atoms with E-state index in [1.165, 1.54) is 17.0 Å². The second-order valence-electron chi connectivity index (χ2n) is 10.8. The number of ether oxygens (including phenoxy) is 1. The number of aryl methyl sites for hydroxylation is 1. The van der Waals surface area contributed by atoms with Crippen LogP contribution in [0.5, 0.6) is 5.75 Å². The minimum atomic E-state index is -0.893. The van der Waals surface area contributed by atoms with Crippen molar-refractivity contribution < 1.29 is 23.5 Å². The van der Waals surface area contributed by atoms with Crippen molar-refractivity contribution in [3.8, 4) is 5.75 Å². The Hall–Kier alpha value is -3.17. The molecule has 0 spiro atoms. The Morgan fingerprint density at radius 2 is 1.77 bits per heavy atom. The first kappa shape index (κ1) is 29.8. The predicted octanol–water partition coefficient (Wildman–Crippen LogP) is 3.25. The number of hydrogen-bond donors (Lipinski definition) is 3. The van der Waals surface area contributed by atoms with Gasteiger partial charge in [0.25, 0.3) is 0 Å². The molecule has 40 heavy (non-hydrogen) atoms. The Labute approximate surface area is 240 Å². The quantitative estimate of drug-likeness (QED) is 0.524. The number of nitrogens with zero attached hydrogens (tertiary/aromatic N) is 1. The molecule has 1 heterocycles. The zero-order valence-corrected chi connectivity index (χ0v) is 24.0. The monoisotopic (exact) mass is 572 g/mol. The van der Waals surface area contributed by atoms with Crippen molar-refractivity contribution >= 4 is 29.3 Å². The molecule has 216 valence electrons. The molecule has 3 N–H and O–H groups in total. The first-order valence-electron chi connectivity index (χ1n) is 13.9. The third-order valence-electron chi connectivity index (χ3n) is 7.56. The molecule has 0 aromatic heterocycles. The predicted molar refractivity (Wildman–Crippen MR) is 152 cm³/mol. The molecule has 2 aliphatic rings. The summed E-state index contributed by atoms with van der Waals surface area (Å²) in [5.41, 5.74) is 1.67. The number of amides is 3. The van der Waals surface area contributed by atoms with Crippen molar-refractivity contribution in [3.05, 3.63) is 64.4 Å². The zero-order valence-electron chi connectivity index (χ0n) is 23.2. The van der Waals surface area contributed by atoms with Crippen LogP contribution in [0.3, 0.4) is 0 Å². The highest BCUT2D eigenvalue weighted by molar-refractivity contribution is 6.30. The summed E-state index contributed by atoms with van der Waals surface area (Å²) in [5, 5.41) is 9.69. The Bertz CT molecular complexity index is 1210. The topological polar surface area (TPSA) is 99.8 Å². The molecule has 0 saturated heterocycles. The lowest BCUT2D eigenvalue weighted by Gasteiger charge is -2.31. The Morgan fingerprint density at radius 3 is 2.48 bits per heavy atom. The van der Waals surface area contributed by atoms with E-state index >= 15 is 0 Å². The van der Waals surface area contributed by atoms with Crippen molar-refractivity contribution in [2.24, 2.45) is 5.92 Å². The van der Waals surface area contributed by atoms with Gasteiger partial charge < -0.3 is 25.6 Å². The van der Waals surface area contributed by atoms with Crippen molar-refractivity contribution in [3.63, 3.8) is 0 Å². The van der Waals surface area contributed by atoms with Gasteiger partial charge in [-0.15, -0.1) is 0 Å². The van der Waals surface area contributed by atoms with Crippen molar-refractivity contribution in [2.45, 2.75) is 70.2 Å². The van der Waals surface area contributed by atoms with Crippen LogP contribution < -0.4 is 20.7 Å². The summed E-state index contributed by atoms with van der Waals surface area (Å²) in [7, 11) is 1.61. The first-order valence-corrected chi connectivity index (χ1v) is 14.3. The van der Waals surface area contributed by atoms with Gasteiger partial charge in [0.1, 0.15) is 29.8 Å². The summed E-state index contributed by atoms with van der Waals surface area (Å²) < 4.78 is 19.7. The molecule has 2 aromatic carbocycles. The van der Waals surface area contributed by atoms with Crippen LogP contribution in [0.2, 0.25) is 5.02 Å². The number of hydrogen-bond acceptors (Lipinski definition) is 5. The van der Waals surface area contributed by atoms with Crippen molar-refractivity contribution in [1.82, 2.24) is 20.9 Å². The maximum Gasteiger partial charge on any atom is 0.243 e. The molecule has 3 amide bonds. The van der Waals surface area contributed by atoms with E-state index < -0.39 is 24.0 Å². The highest BCUT2D eigenvalue weighted by Gasteiger charge is 2.39. The number of fused-ring (bicyclic) bond motifs is 1.